The lowest BCUT2D eigenvalue weighted by molar-refractivity contribution is 0.588. The van der Waals surface area contributed by atoms with Crippen LogP contribution >= 0.6 is 0 Å². The molecule has 2 rings (SSSR count). The van der Waals surface area contributed by atoms with Gasteiger partial charge in [-0.05, 0) is 38.5 Å². The molecule has 1 aliphatic rings. The molecule has 1 saturated carbocycles. The number of nitrogens with zero attached hydrogens (tertiary/aromatic N) is 2. The van der Waals surface area contributed by atoms with E-state index in [0.717, 1.165) is 18.2 Å². The molecule has 0 aliphatic heterocycles. The van der Waals surface area contributed by atoms with Crippen LogP contribution in [0.1, 0.15) is 31.4 Å². The molecule has 0 bridgehead atoms. The monoisotopic (exact) mass is 219 g/mol. The Balaban J connectivity index is 1.96. The molecule has 0 saturated heterocycles. The van der Waals surface area contributed by atoms with Crippen LogP contribution < -0.4 is 5.32 Å². The molecule has 0 aromatic carbocycles. The van der Waals surface area contributed by atoms with Crippen molar-refractivity contribution < 1.29 is 0 Å². The summed E-state index contributed by atoms with van der Waals surface area (Å²) in [4.78, 5) is 0. The minimum Gasteiger partial charge on any atom is -0.366 e. The van der Waals surface area contributed by atoms with E-state index in [2.05, 4.69) is 30.0 Å². The average molecular weight is 219 g/mol. The van der Waals surface area contributed by atoms with E-state index in [0.29, 0.717) is 6.04 Å². The number of allylic oxidation sites excluding steroid dienone is 1. The second-order valence-electron chi connectivity index (χ2n) is 4.75. The zero-order valence-corrected chi connectivity index (χ0v) is 10.2. The van der Waals surface area contributed by atoms with E-state index in [1.54, 1.807) is 0 Å². The highest BCUT2D eigenvalue weighted by Crippen LogP contribution is 2.36. The first-order chi connectivity index (χ1) is 7.70. The van der Waals surface area contributed by atoms with Gasteiger partial charge in [0.25, 0.3) is 0 Å². The Hall–Kier alpha value is -1.25. The molecule has 1 aromatic heterocycles. The third kappa shape index (κ3) is 2.65. The van der Waals surface area contributed by atoms with Crippen LogP contribution in [-0.2, 0) is 7.05 Å². The maximum atomic E-state index is 4.45. The summed E-state index contributed by atoms with van der Waals surface area (Å²) in [6, 6.07) is 2.69. The van der Waals surface area contributed by atoms with Gasteiger partial charge in [0.05, 0.1) is 0 Å². The molecule has 0 radical (unpaired) electrons. The van der Waals surface area contributed by atoms with Crippen molar-refractivity contribution in [1.82, 2.24) is 9.78 Å². The van der Waals surface area contributed by atoms with Gasteiger partial charge in [0.2, 0.25) is 0 Å². The van der Waals surface area contributed by atoms with Crippen LogP contribution in [0, 0.1) is 12.8 Å². The van der Waals surface area contributed by atoms with Gasteiger partial charge in [-0.1, -0.05) is 6.08 Å². The molecule has 1 fully saturated rings. The Morgan fingerprint density at radius 2 is 2.44 bits per heavy atom. The van der Waals surface area contributed by atoms with Crippen LogP contribution in [0.15, 0.2) is 18.7 Å². The van der Waals surface area contributed by atoms with Crippen molar-refractivity contribution >= 4 is 5.82 Å². The Labute approximate surface area is 97.5 Å². The number of rotatable bonds is 6. The second kappa shape index (κ2) is 4.73. The van der Waals surface area contributed by atoms with E-state index in [9.17, 15) is 0 Å². The van der Waals surface area contributed by atoms with Crippen molar-refractivity contribution in [3.05, 3.63) is 24.4 Å². The van der Waals surface area contributed by atoms with Crippen LogP contribution in [0.4, 0.5) is 5.82 Å². The minimum absolute atomic E-state index is 0.576. The third-order valence-electron chi connectivity index (χ3n) is 3.32. The topological polar surface area (TPSA) is 29.9 Å². The van der Waals surface area contributed by atoms with Gasteiger partial charge in [0.1, 0.15) is 5.82 Å². The molecular weight excluding hydrogens is 198 g/mol. The fourth-order valence-corrected chi connectivity index (χ4v) is 2.04. The third-order valence-corrected chi connectivity index (χ3v) is 3.32. The lowest BCUT2D eigenvalue weighted by atomic mass is 10.1. The summed E-state index contributed by atoms with van der Waals surface area (Å²) >= 11 is 0. The predicted molar refractivity (Wildman–Crippen MR) is 67.5 cm³/mol. The van der Waals surface area contributed by atoms with Gasteiger partial charge < -0.3 is 5.32 Å². The Morgan fingerprint density at radius 3 is 2.94 bits per heavy atom. The summed E-state index contributed by atoms with van der Waals surface area (Å²) < 4.78 is 1.92. The summed E-state index contributed by atoms with van der Waals surface area (Å²) in [5.74, 6) is 1.86. The van der Waals surface area contributed by atoms with Crippen molar-refractivity contribution in [3.63, 3.8) is 0 Å². The van der Waals surface area contributed by atoms with Crippen molar-refractivity contribution in [2.45, 2.75) is 38.6 Å². The fourth-order valence-electron chi connectivity index (χ4n) is 2.04. The number of hydrogen-bond acceptors (Lipinski definition) is 2. The molecule has 1 aromatic rings. The molecule has 88 valence electrons. The largest absolute Gasteiger partial charge is 0.366 e. The van der Waals surface area contributed by atoms with E-state index in [-0.39, 0.29) is 0 Å². The van der Waals surface area contributed by atoms with Crippen LogP contribution in [0.3, 0.4) is 0 Å². The summed E-state index contributed by atoms with van der Waals surface area (Å²) in [5, 5.41) is 8.01. The highest BCUT2D eigenvalue weighted by Gasteiger charge is 2.30. The van der Waals surface area contributed by atoms with Crippen LogP contribution in [0.2, 0.25) is 0 Å². The highest BCUT2D eigenvalue weighted by atomic mass is 15.3. The van der Waals surface area contributed by atoms with E-state index in [1.807, 2.05) is 17.8 Å². The lowest BCUT2D eigenvalue weighted by Gasteiger charge is -2.16. The molecule has 16 heavy (non-hydrogen) atoms. The normalized spacial score (nSPS) is 17.1. The van der Waals surface area contributed by atoms with Gasteiger partial charge >= 0.3 is 0 Å². The van der Waals surface area contributed by atoms with Crippen molar-refractivity contribution in [2.24, 2.45) is 13.0 Å². The number of anilines is 1. The van der Waals surface area contributed by atoms with Crippen LogP contribution in [0.25, 0.3) is 0 Å². The molecule has 1 heterocycles. The van der Waals surface area contributed by atoms with Crippen molar-refractivity contribution in [3.8, 4) is 0 Å². The van der Waals surface area contributed by atoms with E-state index < -0.39 is 0 Å². The highest BCUT2D eigenvalue weighted by molar-refractivity contribution is 5.37. The maximum absolute atomic E-state index is 4.45. The van der Waals surface area contributed by atoms with E-state index >= 15 is 0 Å². The average Bonchev–Trinajstić information content (AvgIpc) is 3.03. The van der Waals surface area contributed by atoms with Crippen LogP contribution in [0.5, 0.6) is 0 Å². The first kappa shape index (κ1) is 11.2. The number of aryl methyl sites for hydroxylation is 2. The Bertz CT molecular complexity index is 344. The molecule has 0 spiro atoms. The predicted octanol–water partition coefficient (Wildman–Crippen LogP) is 2.89. The number of nitrogens with one attached hydrogen (secondary N) is 1. The lowest BCUT2D eigenvalue weighted by Crippen LogP contribution is -2.21. The quantitative estimate of drug-likeness (QED) is 0.746. The molecule has 0 amide bonds. The van der Waals surface area contributed by atoms with Gasteiger partial charge in [-0.15, -0.1) is 6.58 Å². The fraction of sp³-hybridized carbons (Fsp3) is 0.615. The number of aromatic nitrogens is 2. The maximum Gasteiger partial charge on any atom is 0.148 e. The summed E-state index contributed by atoms with van der Waals surface area (Å²) in [6.45, 7) is 5.87. The first-order valence-electron chi connectivity index (χ1n) is 6.09. The Kier molecular flexibility index (Phi) is 3.32. The molecule has 1 N–H and O–H groups in total. The SMILES string of the molecule is C=CCCC(Nc1cc(C)n(C)n1)C1CC1. The van der Waals surface area contributed by atoms with Gasteiger partial charge in [-0.3, -0.25) is 4.68 Å². The van der Waals surface area contributed by atoms with E-state index in [4.69, 9.17) is 0 Å². The number of hydrogen-bond donors (Lipinski definition) is 1. The molecule has 1 unspecified atom stereocenters. The van der Waals surface area contributed by atoms with Crippen LogP contribution in [-0.4, -0.2) is 15.8 Å². The minimum atomic E-state index is 0.576. The molecule has 3 nitrogen and oxygen atoms in total. The standard InChI is InChI=1S/C13H21N3/c1-4-5-6-12(11-7-8-11)14-13-9-10(2)16(3)15-13/h4,9,11-12H,1,5-8H2,2-3H3,(H,14,15). The van der Waals surface area contributed by atoms with Gasteiger partial charge in [-0.2, -0.15) is 5.10 Å². The summed E-state index contributed by atoms with van der Waals surface area (Å²) in [6.07, 6.45) is 6.98. The summed E-state index contributed by atoms with van der Waals surface area (Å²) in [5.41, 5.74) is 1.20. The smallest absolute Gasteiger partial charge is 0.148 e. The second-order valence-corrected chi connectivity index (χ2v) is 4.75. The van der Waals surface area contributed by atoms with Gasteiger partial charge in [0, 0.05) is 24.8 Å². The van der Waals surface area contributed by atoms with E-state index in [1.165, 1.54) is 25.0 Å². The zero-order chi connectivity index (χ0) is 11.5. The zero-order valence-electron chi connectivity index (χ0n) is 10.2. The van der Waals surface area contributed by atoms with Crippen molar-refractivity contribution in [2.75, 3.05) is 5.32 Å². The first-order valence-corrected chi connectivity index (χ1v) is 6.09. The summed E-state index contributed by atoms with van der Waals surface area (Å²) in [7, 11) is 1.98. The molecule has 1 atom stereocenters. The Morgan fingerprint density at radius 1 is 1.69 bits per heavy atom. The van der Waals surface area contributed by atoms with Crippen molar-refractivity contribution in [1.29, 1.82) is 0 Å². The molecule has 3 heteroatoms. The van der Waals surface area contributed by atoms with Gasteiger partial charge in [-0.25, -0.2) is 0 Å². The molecular formula is C13H21N3. The molecule has 1 aliphatic carbocycles. The van der Waals surface area contributed by atoms with Gasteiger partial charge in [0.15, 0.2) is 0 Å².